The second-order valence-electron chi connectivity index (χ2n) is 4.56. The van der Waals surface area contributed by atoms with Gasteiger partial charge >= 0.3 is 5.97 Å². The van der Waals surface area contributed by atoms with Crippen molar-refractivity contribution in [2.24, 2.45) is 5.73 Å². The highest BCUT2D eigenvalue weighted by molar-refractivity contribution is 5.73. The number of aromatic amines is 1. The van der Waals surface area contributed by atoms with Gasteiger partial charge in [-0.3, -0.25) is 9.59 Å². The summed E-state index contributed by atoms with van der Waals surface area (Å²) in [5.74, 6) is -1.07. The van der Waals surface area contributed by atoms with Gasteiger partial charge in [0, 0.05) is 13.2 Å². The van der Waals surface area contributed by atoms with Gasteiger partial charge in [0.25, 0.3) is 5.56 Å². The quantitative estimate of drug-likeness (QED) is 0.686. The zero-order chi connectivity index (χ0) is 13.4. The van der Waals surface area contributed by atoms with E-state index in [2.05, 4.69) is 5.16 Å². The van der Waals surface area contributed by atoms with Crippen molar-refractivity contribution in [2.45, 2.75) is 38.6 Å². The molecule has 1 heterocycles. The Kier molecular flexibility index (Phi) is 2.82. The number of hydrogen-bond acceptors (Lipinski definition) is 4. The van der Waals surface area contributed by atoms with Crippen LogP contribution < -0.4 is 11.3 Å². The van der Waals surface area contributed by atoms with Gasteiger partial charge in [-0.05, 0) is 0 Å². The minimum atomic E-state index is -1.46. The number of aromatic nitrogens is 1. The van der Waals surface area contributed by atoms with E-state index in [0.717, 1.165) is 0 Å². The van der Waals surface area contributed by atoms with Crippen LogP contribution in [0.4, 0.5) is 0 Å². The molecule has 1 aromatic heterocycles. The topological polar surface area (TPSA) is 109 Å². The monoisotopic (exact) mass is 229 g/mol. The van der Waals surface area contributed by atoms with Crippen LogP contribution in [0, 0.1) is 0 Å². The molecule has 1 rings (SSSR count). The van der Waals surface area contributed by atoms with Crippen LogP contribution in [0.15, 0.2) is 9.32 Å². The van der Waals surface area contributed by atoms with Gasteiger partial charge in [-0.15, -0.1) is 0 Å². The van der Waals surface area contributed by atoms with Crippen LogP contribution in [-0.4, -0.2) is 22.3 Å². The predicted octanol–water partition coefficient (Wildman–Crippen LogP) is 0.220. The van der Waals surface area contributed by atoms with Crippen LogP contribution >= 0.6 is 0 Å². The van der Waals surface area contributed by atoms with Gasteiger partial charge in [-0.25, -0.2) is 0 Å². The fraction of sp³-hybridized carbons (Fsp3) is 0.600. The first-order chi connectivity index (χ1) is 7.66. The lowest BCUT2D eigenvalue weighted by Crippen LogP contribution is -2.34. The van der Waals surface area contributed by atoms with Crippen LogP contribution in [0.2, 0.25) is 0 Å². The number of nitrogens with two attached hydrogens (primary N) is 1. The van der Waals surface area contributed by atoms with E-state index in [-0.39, 0.29) is 11.3 Å². The fourth-order valence-corrected chi connectivity index (χ4v) is 1.27. The molecule has 0 radical (unpaired) electrons. The summed E-state index contributed by atoms with van der Waals surface area (Å²) in [4.78, 5) is 22.3. The molecule has 0 aliphatic rings. The highest BCUT2D eigenvalue weighted by Crippen LogP contribution is 2.24. The third-order valence-electron chi connectivity index (χ3n) is 2.05. The Labute approximate surface area is 93.8 Å². The van der Waals surface area contributed by atoms with Crippen molar-refractivity contribution in [3.8, 4) is 0 Å². The van der Waals surface area contributed by atoms with E-state index in [9.17, 15) is 9.59 Å². The molecular weight excluding hydrogens is 212 g/mol. The Morgan fingerprint density at radius 3 is 2.69 bits per heavy atom. The van der Waals surface area contributed by atoms with E-state index in [0.29, 0.717) is 0 Å². The molecule has 0 fully saturated rings. The SMILES string of the molecule is [2H][C@@H](c1c(C(C)(C)C)o[nH]c1=O)C(N)C(=O)O. The lowest BCUT2D eigenvalue weighted by molar-refractivity contribution is -0.138. The minimum Gasteiger partial charge on any atom is -0.480 e. The second kappa shape index (κ2) is 4.13. The number of carboxylic acid groups (broad SMARTS) is 1. The normalized spacial score (nSPS) is 16.6. The summed E-state index contributed by atoms with van der Waals surface area (Å²) in [5.41, 5.74) is 4.22. The largest absolute Gasteiger partial charge is 0.480 e. The van der Waals surface area contributed by atoms with E-state index < -0.39 is 29.4 Å². The Morgan fingerprint density at radius 2 is 2.25 bits per heavy atom. The molecular formula is C10H16N2O4. The highest BCUT2D eigenvalue weighted by Gasteiger charge is 2.27. The van der Waals surface area contributed by atoms with Crippen molar-refractivity contribution in [2.75, 3.05) is 0 Å². The minimum absolute atomic E-state index is 0.0209. The molecule has 0 aliphatic carbocycles. The third-order valence-corrected chi connectivity index (χ3v) is 2.05. The molecule has 1 unspecified atom stereocenters. The summed E-state index contributed by atoms with van der Waals surface area (Å²) in [6.45, 7) is 5.38. The van der Waals surface area contributed by atoms with Crippen molar-refractivity contribution in [3.63, 3.8) is 0 Å². The van der Waals surface area contributed by atoms with Crippen molar-refractivity contribution >= 4 is 5.97 Å². The summed E-state index contributed by atoms with van der Waals surface area (Å²) in [6, 6.07) is -1.46. The average Bonchev–Trinajstić information content (AvgIpc) is 2.57. The summed E-state index contributed by atoms with van der Waals surface area (Å²) < 4.78 is 12.7. The van der Waals surface area contributed by atoms with Gasteiger partial charge in [0.15, 0.2) is 0 Å². The third kappa shape index (κ3) is 2.52. The number of aliphatic carboxylic acids is 1. The smallest absolute Gasteiger partial charge is 0.320 e. The van der Waals surface area contributed by atoms with Gasteiger partial charge in [0.2, 0.25) is 0 Å². The molecule has 90 valence electrons. The second-order valence-corrected chi connectivity index (χ2v) is 4.56. The molecule has 2 atom stereocenters. The van der Waals surface area contributed by atoms with Crippen molar-refractivity contribution in [3.05, 3.63) is 21.7 Å². The van der Waals surface area contributed by atoms with Crippen LogP contribution in [0.25, 0.3) is 0 Å². The lowest BCUT2D eigenvalue weighted by atomic mass is 9.89. The maximum absolute atomic E-state index is 11.5. The molecule has 0 saturated carbocycles. The number of nitrogens with one attached hydrogen (secondary N) is 1. The first-order valence-corrected chi connectivity index (χ1v) is 4.78. The predicted molar refractivity (Wildman–Crippen MR) is 57.3 cm³/mol. The van der Waals surface area contributed by atoms with Crippen LogP contribution in [0.1, 0.15) is 33.5 Å². The molecule has 1 aromatic rings. The molecule has 0 bridgehead atoms. The zero-order valence-electron chi connectivity index (χ0n) is 10.4. The van der Waals surface area contributed by atoms with E-state index in [1.807, 2.05) is 0 Å². The Bertz CT molecular complexity index is 471. The number of rotatable bonds is 3. The van der Waals surface area contributed by atoms with Gasteiger partial charge in [-0.2, -0.15) is 5.16 Å². The molecule has 6 nitrogen and oxygen atoms in total. The van der Waals surface area contributed by atoms with Gasteiger partial charge in [-0.1, -0.05) is 20.8 Å². The summed E-state index contributed by atoms with van der Waals surface area (Å²) in [7, 11) is 0. The van der Waals surface area contributed by atoms with E-state index in [4.69, 9.17) is 16.7 Å². The fourth-order valence-electron chi connectivity index (χ4n) is 1.27. The number of carbonyl (C=O) groups is 1. The first kappa shape index (κ1) is 10.9. The van der Waals surface area contributed by atoms with E-state index in [1.54, 1.807) is 20.8 Å². The van der Waals surface area contributed by atoms with Crippen LogP contribution in [0.3, 0.4) is 0 Å². The van der Waals surface area contributed by atoms with Crippen LogP contribution in [-0.2, 0) is 16.6 Å². The molecule has 0 spiro atoms. The Balaban J connectivity index is 3.27. The van der Waals surface area contributed by atoms with Gasteiger partial charge < -0.3 is 15.4 Å². The number of hydrogen-bond donors (Lipinski definition) is 3. The molecule has 4 N–H and O–H groups in total. The molecule has 0 aromatic carbocycles. The Morgan fingerprint density at radius 1 is 1.69 bits per heavy atom. The van der Waals surface area contributed by atoms with Gasteiger partial charge in [0.05, 0.1) is 5.56 Å². The number of H-pyrrole nitrogens is 1. The maximum atomic E-state index is 11.5. The highest BCUT2D eigenvalue weighted by atomic mass is 16.5. The summed E-state index contributed by atoms with van der Waals surface area (Å²) >= 11 is 0. The first-order valence-electron chi connectivity index (χ1n) is 5.36. The summed E-state index contributed by atoms with van der Waals surface area (Å²) in [6.07, 6.45) is -1.36. The standard InChI is InChI=1S/C10H16N2O4/c1-10(2,3)7-5(8(13)12-16-7)4-6(11)9(14)15/h6H,4,11H2,1-3H3,(H,12,13)(H,14,15)/i4D/t4-,6?/m0/s1. The van der Waals surface area contributed by atoms with Crippen molar-refractivity contribution < 1.29 is 15.8 Å². The zero-order valence-corrected chi connectivity index (χ0v) is 9.40. The number of carboxylic acids is 1. The van der Waals surface area contributed by atoms with E-state index in [1.165, 1.54) is 0 Å². The maximum Gasteiger partial charge on any atom is 0.320 e. The molecule has 6 heteroatoms. The van der Waals surface area contributed by atoms with E-state index >= 15 is 0 Å². The molecule has 0 aliphatic heterocycles. The van der Waals surface area contributed by atoms with Crippen LogP contribution in [0.5, 0.6) is 0 Å². The summed E-state index contributed by atoms with van der Waals surface area (Å²) in [5, 5.41) is 10.9. The average molecular weight is 229 g/mol. The molecule has 0 amide bonds. The molecule has 16 heavy (non-hydrogen) atoms. The Hall–Kier alpha value is -1.56. The molecule has 0 saturated heterocycles. The van der Waals surface area contributed by atoms with Gasteiger partial charge in [0.1, 0.15) is 11.8 Å². The lowest BCUT2D eigenvalue weighted by Gasteiger charge is -2.16. The van der Waals surface area contributed by atoms with Crippen molar-refractivity contribution in [1.29, 1.82) is 0 Å². The van der Waals surface area contributed by atoms with Crippen molar-refractivity contribution in [1.82, 2.24) is 5.16 Å².